The molecule has 1 aromatic carbocycles. The van der Waals surface area contributed by atoms with Gasteiger partial charge in [0, 0.05) is 10.2 Å². The Morgan fingerprint density at radius 1 is 1.35 bits per heavy atom. The molecule has 0 unspecified atom stereocenters. The maximum atomic E-state index is 5.66. The molecule has 0 spiro atoms. The van der Waals surface area contributed by atoms with E-state index in [0.717, 1.165) is 34.4 Å². The highest BCUT2D eigenvalue weighted by molar-refractivity contribution is 9.10. The Kier molecular flexibility index (Phi) is 4.83. The Morgan fingerprint density at radius 2 is 2.10 bits per heavy atom. The number of nitrogens with zero attached hydrogens (tertiary/aromatic N) is 2. The van der Waals surface area contributed by atoms with E-state index in [4.69, 9.17) is 10.5 Å². The summed E-state index contributed by atoms with van der Waals surface area (Å²) in [4.78, 5) is 0. The average Bonchev–Trinajstić information content (AvgIpc) is 2.69. The van der Waals surface area contributed by atoms with Crippen molar-refractivity contribution in [1.29, 1.82) is 0 Å². The first-order chi connectivity index (χ1) is 9.56. The molecule has 0 atom stereocenters. The molecule has 1 heterocycles. The van der Waals surface area contributed by atoms with Crippen LogP contribution >= 0.6 is 15.9 Å². The summed E-state index contributed by atoms with van der Waals surface area (Å²) in [6, 6.07) is 5.97. The highest BCUT2D eigenvalue weighted by Gasteiger charge is 2.12. The lowest BCUT2D eigenvalue weighted by Crippen LogP contribution is -2.07. The highest BCUT2D eigenvalue weighted by atomic mass is 79.9. The van der Waals surface area contributed by atoms with Crippen LogP contribution in [0.5, 0.6) is 5.75 Å². The van der Waals surface area contributed by atoms with Gasteiger partial charge in [-0.2, -0.15) is 5.10 Å². The molecule has 2 aromatic rings. The van der Waals surface area contributed by atoms with Gasteiger partial charge in [-0.3, -0.25) is 4.68 Å². The summed E-state index contributed by atoms with van der Waals surface area (Å²) in [7, 11) is 1.68. The smallest absolute Gasteiger partial charge is 0.119 e. The van der Waals surface area contributed by atoms with E-state index in [2.05, 4.69) is 28.0 Å². The molecule has 5 heteroatoms. The van der Waals surface area contributed by atoms with Crippen LogP contribution in [0.3, 0.4) is 0 Å². The molecular weight excluding hydrogens is 318 g/mol. The fraction of sp³-hybridized carbons (Fsp3) is 0.400. The number of halogens is 1. The largest absolute Gasteiger partial charge is 0.497 e. The predicted octanol–water partition coefficient (Wildman–Crippen LogP) is 2.82. The van der Waals surface area contributed by atoms with E-state index in [0.29, 0.717) is 6.54 Å². The van der Waals surface area contributed by atoms with Crippen molar-refractivity contribution in [2.45, 2.75) is 26.8 Å². The fourth-order valence-electron chi connectivity index (χ4n) is 2.35. The fourth-order valence-corrected chi connectivity index (χ4v) is 2.73. The maximum Gasteiger partial charge on any atom is 0.119 e. The SMILES string of the molecule is COc1ccc(Br)c(Cn2nc(C)c(CCN)c2C)c1. The molecule has 2 rings (SSSR count). The summed E-state index contributed by atoms with van der Waals surface area (Å²) in [6.45, 7) is 5.50. The van der Waals surface area contributed by atoms with Crippen molar-refractivity contribution in [2.75, 3.05) is 13.7 Å². The van der Waals surface area contributed by atoms with Crippen LogP contribution in [0.2, 0.25) is 0 Å². The summed E-state index contributed by atoms with van der Waals surface area (Å²) in [5.74, 6) is 0.854. The van der Waals surface area contributed by atoms with Crippen LogP contribution < -0.4 is 10.5 Å². The molecule has 2 N–H and O–H groups in total. The van der Waals surface area contributed by atoms with Crippen LogP contribution in [0, 0.1) is 13.8 Å². The molecule has 1 aromatic heterocycles. The van der Waals surface area contributed by atoms with E-state index in [1.54, 1.807) is 7.11 Å². The van der Waals surface area contributed by atoms with Crippen molar-refractivity contribution in [1.82, 2.24) is 9.78 Å². The Labute approximate surface area is 128 Å². The number of aromatic nitrogens is 2. The summed E-state index contributed by atoms with van der Waals surface area (Å²) < 4.78 is 8.37. The number of benzene rings is 1. The second kappa shape index (κ2) is 6.41. The van der Waals surface area contributed by atoms with Crippen molar-refractivity contribution in [2.24, 2.45) is 5.73 Å². The van der Waals surface area contributed by atoms with Crippen molar-refractivity contribution < 1.29 is 4.74 Å². The maximum absolute atomic E-state index is 5.66. The minimum absolute atomic E-state index is 0.649. The lowest BCUT2D eigenvalue weighted by atomic mass is 10.1. The molecule has 20 heavy (non-hydrogen) atoms. The van der Waals surface area contributed by atoms with Gasteiger partial charge in [-0.15, -0.1) is 0 Å². The third-order valence-corrected chi connectivity index (χ3v) is 4.27. The van der Waals surface area contributed by atoms with E-state index in [1.165, 1.54) is 11.3 Å². The molecule has 0 saturated heterocycles. The van der Waals surface area contributed by atoms with Crippen molar-refractivity contribution in [3.8, 4) is 5.75 Å². The van der Waals surface area contributed by atoms with Crippen LogP contribution in [0.25, 0.3) is 0 Å². The zero-order valence-corrected chi connectivity index (χ0v) is 13.7. The van der Waals surface area contributed by atoms with Gasteiger partial charge in [-0.05, 0) is 56.1 Å². The lowest BCUT2D eigenvalue weighted by molar-refractivity contribution is 0.414. The van der Waals surface area contributed by atoms with Crippen molar-refractivity contribution >= 4 is 15.9 Å². The van der Waals surface area contributed by atoms with Crippen molar-refractivity contribution in [3.63, 3.8) is 0 Å². The van der Waals surface area contributed by atoms with Crippen LogP contribution in [-0.4, -0.2) is 23.4 Å². The molecule has 0 bridgehead atoms. The Hall–Kier alpha value is -1.33. The van der Waals surface area contributed by atoms with Gasteiger partial charge in [0.1, 0.15) is 5.75 Å². The molecule has 4 nitrogen and oxygen atoms in total. The molecule has 0 fully saturated rings. The van der Waals surface area contributed by atoms with E-state index >= 15 is 0 Å². The Morgan fingerprint density at radius 3 is 2.75 bits per heavy atom. The summed E-state index contributed by atoms with van der Waals surface area (Å²) in [5.41, 5.74) is 10.3. The first-order valence-corrected chi connectivity index (χ1v) is 7.41. The molecule has 0 saturated carbocycles. The van der Waals surface area contributed by atoms with Crippen LogP contribution in [0.1, 0.15) is 22.5 Å². The summed E-state index contributed by atoms with van der Waals surface area (Å²) in [6.07, 6.45) is 0.872. The minimum atomic E-state index is 0.649. The van der Waals surface area contributed by atoms with Gasteiger partial charge in [-0.25, -0.2) is 0 Å². The molecular formula is C15H20BrN3O. The normalized spacial score (nSPS) is 10.8. The number of aryl methyl sites for hydroxylation is 1. The molecule has 108 valence electrons. The molecule has 0 amide bonds. The zero-order valence-electron chi connectivity index (χ0n) is 12.1. The number of ether oxygens (including phenoxy) is 1. The predicted molar refractivity (Wildman–Crippen MR) is 84.3 cm³/mol. The monoisotopic (exact) mass is 337 g/mol. The standard InChI is InChI=1S/C15H20BrN3O/c1-10-14(6-7-17)11(2)19(18-10)9-12-8-13(20-3)4-5-15(12)16/h4-5,8H,6-7,9,17H2,1-3H3. The molecule has 0 aliphatic heterocycles. The lowest BCUT2D eigenvalue weighted by Gasteiger charge is -2.09. The van der Waals surface area contributed by atoms with Crippen LogP contribution in [0.4, 0.5) is 0 Å². The van der Waals surface area contributed by atoms with Crippen molar-refractivity contribution in [3.05, 3.63) is 45.2 Å². The van der Waals surface area contributed by atoms with Gasteiger partial charge >= 0.3 is 0 Å². The molecule has 0 aliphatic rings. The third kappa shape index (κ3) is 3.04. The number of hydrogen-bond donors (Lipinski definition) is 1. The van der Waals surface area contributed by atoms with Crippen LogP contribution in [-0.2, 0) is 13.0 Å². The summed E-state index contributed by atoms with van der Waals surface area (Å²) >= 11 is 3.58. The van der Waals surface area contributed by atoms with E-state index < -0.39 is 0 Å². The second-order valence-corrected chi connectivity index (χ2v) is 5.66. The zero-order chi connectivity index (χ0) is 14.7. The number of nitrogens with two attached hydrogens (primary N) is 1. The van der Waals surface area contributed by atoms with Gasteiger partial charge in [0.15, 0.2) is 0 Å². The van der Waals surface area contributed by atoms with Crippen LogP contribution in [0.15, 0.2) is 22.7 Å². The van der Waals surface area contributed by atoms with E-state index in [9.17, 15) is 0 Å². The summed E-state index contributed by atoms with van der Waals surface area (Å²) in [5, 5.41) is 4.62. The topological polar surface area (TPSA) is 53.1 Å². The van der Waals surface area contributed by atoms with Gasteiger partial charge < -0.3 is 10.5 Å². The average molecular weight is 338 g/mol. The second-order valence-electron chi connectivity index (χ2n) is 4.80. The molecule has 0 aliphatic carbocycles. The first kappa shape index (κ1) is 15.1. The van der Waals surface area contributed by atoms with Gasteiger partial charge in [-0.1, -0.05) is 15.9 Å². The van der Waals surface area contributed by atoms with Gasteiger partial charge in [0.25, 0.3) is 0 Å². The van der Waals surface area contributed by atoms with Gasteiger partial charge in [0.2, 0.25) is 0 Å². The number of methoxy groups -OCH3 is 1. The van der Waals surface area contributed by atoms with E-state index in [-0.39, 0.29) is 0 Å². The first-order valence-electron chi connectivity index (χ1n) is 6.62. The van der Waals surface area contributed by atoms with E-state index in [1.807, 2.05) is 29.8 Å². The molecule has 0 radical (unpaired) electrons. The highest BCUT2D eigenvalue weighted by Crippen LogP contribution is 2.24. The third-order valence-electron chi connectivity index (χ3n) is 3.50. The Balaban J connectivity index is 2.33. The number of hydrogen-bond acceptors (Lipinski definition) is 3. The quantitative estimate of drug-likeness (QED) is 0.912. The number of rotatable bonds is 5. The minimum Gasteiger partial charge on any atom is -0.497 e. The van der Waals surface area contributed by atoms with Gasteiger partial charge in [0.05, 0.1) is 19.3 Å². The Bertz CT molecular complexity index is 607.